The summed E-state index contributed by atoms with van der Waals surface area (Å²) < 4.78 is 36.8. The summed E-state index contributed by atoms with van der Waals surface area (Å²) in [5.74, 6) is 0.721. The summed E-state index contributed by atoms with van der Waals surface area (Å²) in [5, 5.41) is 9.71. The van der Waals surface area contributed by atoms with Gasteiger partial charge in [-0.15, -0.1) is 0 Å². The van der Waals surface area contributed by atoms with E-state index in [9.17, 15) is 8.42 Å². The van der Waals surface area contributed by atoms with Gasteiger partial charge < -0.3 is 4.74 Å². The van der Waals surface area contributed by atoms with Crippen LogP contribution in [-0.2, 0) is 10.0 Å². The molecule has 0 unspecified atom stereocenters. The predicted octanol–water partition coefficient (Wildman–Crippen LogP) is 6.40. The molecule has 0 bridgehead atoms. The lowest BCUT2D eigenvalue weighted by atomic mass is 9.97. The number of rotatable bonds is 7. The Balaban J connectivity index is 1.53. The van der Waals surface area contributed by atoms with E-state index in [0.29, 0.717) is 23.4 Å². The summed E-state index contributed by atoms with van der Waals surface area (Å²) in [6.07, 6.45) is 2.31. The molecule has 5 aromatic rings. The van der Waals surface area contributed by atoms with E-state index in [1.54, 1.807) is 32.2 Å². The van der Waals surface area contributed by atoms with Crippen LogP contribution in [0.1, 0.15) is 29.2 Å². The van der Waals surface area contributed by atoms with Crippen molar-refractivity contribution in [3.05, 3.63) is 132 Å². The minimum atomic E-state index is -3.99. The Labute approximate surface area is 234 Å². The van der Waals surface area contributed by atoms with Crippen LogP contribution in [0.3, 0.4) is 0 Å². The molecule has 0 aliphatic carbocycles. The molecule has 0 amide bonds. The fourth-order valence-electron chi connectivity index (χ4n) is 5.01. The zero-order valence-corrected chi connectivity index (χ0v) is 23.0. The Hall–Kier alpha value is -4.69. The van der Waals surface area contributed by atoms with E-state index in [0.717, 1.165) is 28.1 Å². The summed E-state index contributed by atoms with van der Waals surface area (Å²) in [6, 6.07) is 33.6. The highest BCUT2D eigenvalue weighted by Gasteiger charge is 2.40. The van der Waals surface area contributed by atoms with Crippen LogP contribution in [0.15, 0.2) is 125 Å². The SMILES string of the molecule is COc1ccc(C2=NN(S(=O)(=O)c3ccccc3C)[C@@H](c3cn(-c4ccccc4)nc3-c3ccccc3)C2)cc1. The fraction of sp³-hybridized carbons (Fsp3) is 0.125. The maximum Gasteiger partial charge on any atom is 0.279 e. The molecule has 0 N–H and O–H groups in total. The molecule has 0 fully saturated rings. The number of nitrogens with zero attached hydrogens (tertiary/aromatic N) is 4. The van der Waals surface area contributed by atoms with Crippen LogP contribution in [0, 0.1) is 6.92 Å². The number of benzene rings is 4. The number of aromatic nitrogens is 2. The largest absolute Gasteiger partial charge is 0.497 e. The average Bonchev–Trinajstić information content (AvgIpc) is 3.64. The van der Waals surface area contributed by atoms with Gasteiger partial charge in [0.15, 0.2) is 0 Å². The molecule has 2 heterocycles. The Morgan fingerprint density at radius 3 is 2.12 bits per heavy atom. The molecule has 4 aromatic carbocycles. The summed E-state index contributed by atoms with van der Waals surface area (Å²) in [5.41, 5.74) is 5.45. The van der Waals surface area contributed by atoms with Gasteiger partial charge in [-0.2, -0.15) is 23.0 Å². The smallest absolute Gasteiger partial charge is 0.279 e. The molecule has 8 heteroatoms. The highest BCUT2D eigenvalue weighted by atomic mass is 32.2. The van der Waals surface area contributed by atoms with Crippen LogP contribution in [0.25, 0.3) is 16.9 Å². The van der Waals surface area contributed by atoms with Crippen LogP contribution in [0.4, 0.5) is 0 Å². The number of hydrogen-bond donors (Lipinski definition) is 0. The molecule has 0 radical (unpaired) electrons. The Bertz CT molecular complexity index is 1780. The molecule has 1 aromatic heterocycles. The molecular weight excluding hydrogens is 520 g/mol. The molecular formula is C32H28N4O3S. The highest BCUT2D eigenvalue weighted by Crippen LogP contribution is 2.41. The fourth-order valence-corrected chi connectivity index (χ4v) is 6.67. The van der Waals surface area contributed by atoms with Crippen molar-refractivity contribution in [3.63, 3.8) is 0 Å². The van der Waals surface area contributed by atoms with Crippen LogP contribution in [0.5, 0.6) is 5.75 Å². The standard InChI is InChI=1S/C32H28N4O3S/c1-23-11-9-10-16-31(23)40(37,38)36-30(21-29(33-36)24-17-19-27(39-2)20-18-24)28-22-35(26-14-7-4-8-15-26)34-32(28)25-12-5-3-6-13-25/h3-20,22,30H,21H2,1-2H3/t30-/m1/s1. The monoisotopic (exact) mass is 548 g/mol. The first-order valence-corrected chi connectivity index (χ1v) is 14.4. The van der Waals surface area contributed by atoms with Crippen molar-refractivity contribution >= 4 is 15.7 Å². The van der Waals surface area contributed by atoms with Crippen LogP contribution >= 0.6 is 0 Å². The quantitative estimate of drug-likeness (QED) is 0.236. The Morgan fingerprint density at radius 2 is 1.45 bits per heavy atom. The van der Waals surface area contributed by atoms with Gasteiger partial charge in [-0.25, -0.2) is 4.68 Å². The van der Waals surface area contributed by atoms with Crippen molar-refractivity contribution in [2.45, 2.75) is 24.3 Å². The van der Waals surface area contributed by atoms with Gasteiger partial charge in [0.25, 0.3) is 10.0 Å². The number of ether oxygens (including phenoxy) is 1. The second kappa shape index (κ2) is 10.5. The first-order chi connectivity index (χ1) is 19.5. The summed E-state index contributed by atoms with van der Waals surface area (Å²) in [7, 11) is -2.38. The normalized spacial score (nSPS) is 15.2. The predicted molar refractivity (Wildman–Crippen MR) is 156 cm³/mol. The zero-order valence-electron chi connectivity index (χ0n) is 22.2. The van der Waals surface area contributed by atoms with Crippen LogP contribution in [0.2, 0.25) is 0 Å². The first-order valence-electron chi connectivity index (χ1n) is 13.0. The average molecular weight is 549 g/mol. The maximum absolute atomic E-state index is 14.2. The second-order valence-corrected chi connectivity index (χ2v) is 11.4. The summed E-state index contributed by atoms with van der Waals surface area (Å²) >= 11 is 0. The lowest BCUT2D eigenvalue weighted by Crippen LogP contribution is -2.28. The molecule has 200 valence electrons. The van der Waals surface area contributed by atoms with Gasteiger partial charge in [-0.1, -0.05) is 66.7 Å². The van der Waals surface area contributed by atoms with Crippen molar-refractivity contribution < 1.29 is 13.2 Å². The third-order valence-electron chi connectivity index (χ3n) is 7.08. The Morgan fingerprint density at radius 1 is 0.800 bits per heavy atom. The molecule has 0 saturated carbocycles. The number of para-hydroxylation sites is 1. The third kappa shape index (κ3) is 4.67. The van der Waals surface area contributed by atoms with E-state index in [-0.39, 0.29) is 4.90 Å². The van der Waals surface area contributed by atoms with Crippen LogP contribution < -0.4 is 4.74 Å². The van der Waals surface area contributed by atoms with Gasteiger partial charge in [-0.3, -0.25) is 0 Å². The van der Waals surface area contributed by atoms with Crippen molar-refractivity contribution in [1.29, 1.82) is 0 Å². The van der Waals surface area contributed by atoms with Crippen molar-refractivity contribution in [2.75, 3.05) is 7.11 Å². The number of methoxy groups -OCH3 is 1. The van der Waals surface area contributed by atoms with E-state index < -0.39 is 16.1 Å². The Kier molecular flexibility index (Phi) is 6.69. The minimum Gasteiger partial charge on any atom is -0.497 e. The van der Waals surface area contributed by atoms with Crippen molar-refractivity contribution in [3.8, 4) is 22.7 Å². The van der Waals surface area contributed by atoms with Crippen LogP contribution in [-0.4, -0.2) is 35.4 Å². The highest BCUT2D eigenvalue weighted by molar-refractivity contribution is 7.89. The van der Waals surface area contributed by atoms with Gasteiger partial charge in [-0.05, 0) is 60.5 Å². The van der Waals surface area contributed by atoms with E-state index in [2.05, 4.69) is 0 Å². The van der Waals surface area contributed by atoms with E-state index in [1.807, 2.05) is 102 Å². The number of aryl methyl sites for hydroxylation is 1. The molecule has 0 spiro atoms. The molecule has 1 aliphatic rings. The topological polar surface area (TPSA) is 76.8 Å². The first kappa shape index (κ1) is 25.6. The summed E-state index contributed by atoms with van der Waals surface area (Å²) in [4.78, 5) is 0.233. The molecule has 40 heavy (non-hydrogen) atoms. The number of sulfonamides is 1. The number of hydrogen-bond acceptors (Lipinski definition) is 5. The third-order valence-corrected chi connectivity index (χ3v) is 8.93. The zero-order chi connectivity index (χ0) is 27.7. The lowest BCUT2D eigenvalue weighted by molar-refractivity contribution is 0.372. The molecule has 6 rings (SSSR count). The molecule has 7 nitrogen and oxygen atoms in total. The van der Waals surface area contributed by atoms with E-state index in [1.165, 1.54) is 4.41 Å². The van der Waals surface area contributed by atoms with Crippen molar-refractivity contribution in [2.24, 2.45) is 5.10 Å². The van der Waals surface area contributed by atoms with E-state index in [4.69, 9.17) is 14.9 Å². The van der Waals surface area contributed by atoms with Gasteiger partial charge in [0.1, 0.15) is 5.75 Å². The van der Waals surface area contributed by atoms with E-state index >= 15 is 0 Å². The second-order valence-electron chi connectivity index (χ2n) is 9.62. The molecule has 1 aliphatic heterocycles. The van der Waals surface area contributed by atoms with Gasteiger partial charge >= 0.3 is 0 Å². The van der Waals surface area contributed by atoms with Gasteiger partial charge in [0.05, 0.1) is 35.1 Å². The number of hydrazone groups is 1. The minimum absolute atomic E-state index is 0.233. The van der Waals surface area contributed by atoms with Gasteiger partial charge in [0, 0.05) is 23.7 Å². The van der Waals surface area contributed by atoms with Crippen molar-refractivity contribution in [1.82, 2.24) is 14.2 Å². The summed E-state index contributed by atoms with van der Waals surface area (Å²) in [6.45, 7) is 1.80. The molecule has 0 saturated heterocycles. The molecule has 1 atom stereocenters. The maximum atomic E-state index is 14.2. The van der Waals surface area contributed by atoms with Gasteiger partial charge in [0.2, 0.25) is 0 Å². The lowest BCUT2D eigenvalue weighted by Gasteiger charge is -2.24.